The molecule has 0 spiro atoms. The van der Waals surface area contributed by atoms with Crippen molar-refractivity contribution in [2.24, 2.45) is 0 Å². The zero-order valence-electron chi connectivity index (χ0n) is 11.6. The van der Waals surface area contributed by atoms with Gasteiger partial charge in [-0.25, -0.2) is 4.79 Å². The summed E-state index contributed by atoms with van der Waals surface area (Å²) >= 11 is 0. The van der Waals surface area contributed by atoms with Crippen LogP contribution in [0.3, 0.4) is 0 Å². The molecule has 0 atom stereocenters. The Morgan fingerprint density at radius 2 is 1.55 bits per heavy atom. The summed E-state index contributed by atoms with van der Waals surface area (Å²) in [7, 11) is 0. The number of rotatable bonds is 5. The number of aliphatic hydroxyl groups excluding tert-OH is 1. The van der Waals surface area contributed by atoms with Gasteiger partial charge in [0.25, 0.3) is 0 Å². The molecule has 1 rings (SSSR count). The van der Waals surface area contributed by atoms with Gasteiger partial charge >= 0.3 is 5.97 Å². The molecule has 0 amide bonds. The molecular formula is C15H16O5. The Labute approximate surface area is 116 Å². The van der Waals surface area contributed by atoms with Gasteiger partial charge in [-0.05, 0) is 20.8 Å². The fourth-order valence-corrected chi connectivity index (χ4v) is 1.62. The lowest BCUT2D eigenvalue weighted by molar-refractivity contribution is -0.139. The van der Waals surface area contributed by atoms with E-state index >= 15 is 0 Å². The molecule has 0 bridgehead atoms. The number of esters is 1. The molecule has 0 aliphatic rings. The van der Waals surface area contributed by atoms with Gasteiger partial charge in [-0.1, -0.05) is 24.3 Å². The van der Waals surface area contributed by atoms with Crippen LogP contribution in [0, 0.1) is 0 Å². The number of ketones is 2. The Bertz CT molecular complexity index is 566. The first-order valence-corrected chi connectivity index (χ1v) is 6.11. The topological polar surface area (TPSA) is 80.7 Å². The normalized spacial score (nSPS) is 11.6. The molecule has 1 N–H and O–H groups in total. The number of benzene rings is 1. The van der Waals surface area contributed by atoms with E-state index in [1.54, 1.807) is 6.92 Å². The highest BCUT2D eigenvalue weighted by molar-refractivity contribution is 6.21. The molecule has 5 heteroatoms. The third-order valence-electron chi connectivity index (χ3n) is 2.63. The average Bonchev–Trinajstić information content (AvgIpc) is 2.38. The molecule has 5 nitrogen and oxygen atoms in total. The van der Waals surface area contributed by atoms with E-state index in [9.17, 15) is 19.5 Å². The SMILES string of the molecule is CCOC(=O)/C(C(C)=O)=C(\O)c1ccc(C(C)=O)cc1. The second kappa shape index (κ2) is 6.65. The minimum absolute atomic E-state index is 0.103. The van der Waals surface area contributed by atoms with Crippen molar-refractivity contribution >= 4 is 23.3 Å². The number of hydrogen-bond donors (Lipinski definition) is 1. The Morgan fingerprint density at radius 1 is 1.05 bits per heavy atom. The van der Waals surface area contributed by atoms with Crippen LogP contribution >= 0.6 is 0 Å². The summed E-state index contributed by atoms with van der Waals surface area (Å²) in [5.41, 5.74) is 0.345. The maximum absolute atomic E-state index is 11.7. The molecule has 20 heavy (non-hydrogen) atoms. The van der Waals surface area contributed by atoms with E-state index in [-0.39, 0.29) is 18.0 Å². The number of aliphatic hydroxyl groups is 1. The van der Waals surface area contributed by atoms with Crippen molar-refractivity contribution in [3.63, 3.8) is 0 Å². The van der Waals surface area contributed by atoms with Crippen LogP contribution in [-0.2, 0) is 14.3 Å². The van der Waals surface area contributed by atoms with Gasteiger partial charge in [-0.2, -0.15) is 0 Å². The molecule has 106 valence electrons. The Morgan fingerprint density at radius 3 is 1.95 bits per heavy atom. The van der Waals surface area contributed by atoms with Crippen LogP contribution in [-0.4, -0.2) is 29.2 Å². The fourth-order valence-electron chi connectivity index (χ4n) is 1.62. The summed E-state index contributed by atoms with van der Waals surface area (Å²) in [4.78, 5) is 34.3. The van der Waals surface area contributed by atoms with Crippen LogP contribution in [0.5, 0.6) is 0 Å². The first-order chi connectivity index (χ1) is 9.38. The molecule has 0 heterocycles. The van der Waals surface area contributed by atoms with Crippen molar-refractivity contribution < 1.29 is 24.2 Å². The minimum atomic E-state index is -0.867. The molecule has 0 aliphatic carbocycles. The molecule has 1 aromatic carbocycles. The highest BCUT2D eigenvalue weighted by atomic mass is 16.5. The van der Waals surface area contributed by atoms with Crippen molar-refractivity contribution in [3.05, 3.63) is 41.0 Å². The highest BCUT2D eigenvalue weighted by Gasteiger charge is 2.22. The third-order valence-corrected chi connectivity index (χ3v) is 2.63. The van der Waals surface area contributed by atoms with Crippen LogP contribution in [0.4, 0.5) is 0 Å². The largest absolute Gasteiger partial charge is 0.506 e. The lowest BCUT2D eigenvalue weighted by Gasteiger charge is -2.08. The first-order valence-electron chi connectivity index (χ1n) is 6.11. The zero-order valence-corrected chi connectivity index (χ0v) is 11.6. The summed E-state index contributed by atoms with van der Waals surface area (Å²) in [5.74, 6) is -2.02. The summed E-state index contributed by atoms with van der Waals surface area (Å²) in [6, 6.07) is 5.95. The van der Waals surface area contributed by atoms with E-state index in [4.69, 9.17) is 4.74 Å². The van der Waals surface area contributed by atoms with E-state index < -0.39 is 23.1 Å². The van der Waals surface area contributed by atoms with Gasteiger partial charge in [0.1, 0.15) is 11.3 Å². The minimum Gasteiger partial charge on any atom is -0.506 e. The van der Waals surface area contributed by atoms with E-state index in [1.807, 2.05) is 0 Å². The lowest BCUT2D eigenvalue weighted by atomic mass is 10.0. The van der Waals surface area contributed by atoms with E-state index in [2.05, 4.69) is 0 Å². The second-order valence-corrected chi connectivity index (χ2v) is 4.13. The smallest absolute Gasteiger partial charge is 0.345 e. The average molecular weight is 276 g/mol. The van der Waals surface area contributed by atoms with Gasteiger partial charge in [0.15, 0.2) is 11.6 Å². The van der Waals surface area contributed by atoms with E-state index in [0.717, 1.165) is 0 Å². The molecule has 0 saturated heterocycles. The fraction of sp³-hybridized carbons (Fsp3) is 0.267. The zero-order chi connectivity index (χ0) is 15.3. The van der Waals surface area contributed by atoms with Crippen LogP contribution in [0.25, 0.3) is 5.76 Å². The van der Waals surface area contributed by atoms with Gasteiger partial charge < -0.3 is 9.84 Å². The van der Waals surface area contributed by atoms with Gasteiger partial charge in [0.2, 0.25) is 0 Å². The number of ether oxygens (including phenoxy) is 1. The number of carbonyl (C=O) groups is 3. The first kappa shape index (κ1) is 15.6. The van der Waals surface area contributed by atoms with Crippen molar-refractivity contribution in [2.45, 2.75) is 20.8 Å². The predicted octanol–water partition coefficient (Wildman–Crippen LogP) is 2.31. The van der Waals surface area contributed by atoms with Crippen LogP contribution < -0.4 is 0 Å². The van der Waals surface area contributed by atoms with Crippen LogP contribution in [0.15, 0.2) is 29.8 Å². The van der Waals surface area contributed by atoms with Gasteiger partial charge in [-0.3, -0.25) is 9.59 Å². The van der Waals surface area contributed by atoms with Crippen LogP contribution in [0.1, 0.15) is 36.7 Å². The molecule has 0 unspecified atom stereocenters. The molecule has 0 saturated carbocycles. The number of Topliss-reactive ketones (excluding diaryl/α,β-unsaturated/α-hetero) is 2. The standard InChI is InChI=1S/C15H16O5/c1-4-20-15(19)13(10(3)17)14(18)12-7-5-11(6-8-12)9(2)16/h5-8,18H,4H2,1-3H3/b14-13-. The van der Waals surface area contributed by atoms with Crippen molar-refractivity contribution in [1.29, 1.82) is 0 Å². The Kier molecular flexibility index (Phi) is 5.20. The number of hydrogen-bond acceptors (Lipinski definition) is 5. The molecular weight excluding hydrogens is 260 g/mol. The lowest BCUT2D eigenvalue weighted by Crippen LogP contribution is -2.16. The third kappa shape index (κ3) is 3.54. The summed E-state index contributed by atoms with van der Waals surface area (Å²) in [6.07, 6.45) is 0. The summed E-state index contributed by atoms with van der Waals surface area (Å²) in [5, 5.41) is 10.1. The monoisotopic (exact) mass is 276 g/mol. The van der Waals surface area contributed by atoms with Gasteiger partial charge in [0.05, 0.1) is 6.61 Å². The predicted molar refractivity (Wildman–Crippen MR) is 73.3 cm³/mol. The van der Waals surface area contributed by atoms with Crippen molar-refractivity contribution in [3.8, 4) is 0 Å². The molecule has 0 aliphatic heterocycles. The van der Waals surface area contributed by atoms with E-state index in [0.29, 0.717) is 5.56 Å². The highest BCUT2D eigenvalue weighted by Crippen LogP contribution is 2.19. The maximum atomic E-state index is 11.7. The maximum Gasteiger partial charge on any atom is 0.345 e. The summed E-state index contributed by atoms with van der Waals surface area (Å²) in [6.45, 7) is 4.30. The van der Waals surface area contributed by atoms with Crippen LogP contribution in [0.2, 0.25) is 0 Å². The molecule has 0 radical (unpaired) electrons. The molecule has 1 aromatic rings. The molecule has 0 aromatic heterocycles. The van der Waals surface area contributed by atoms with Crippen molar-refractivity contribution in [2.75, 3.05) is 6.61 Å². The summed E-state index contributed by atoms with van der Waals surface area (Å²) < 4.78 is 4.74. The van der Waals surface area contributed by atoms with Crippen molar-refractivity contribution in [1.82, 2.24) is 0 Å². The van der Waals surface area contributed by atoms with Gasteiger partial charge in [0, 0.05) is 11.1 Å². The van der Waals surface area contributed by atoms with E-state index in [1.165, 1.54) is 38.1 Å². The number of carbonyl (C=O) groups excluding carboxylic acids is 3. The Hall–Kier alpha value is -2.43. The molecule has 0 fully saturated rings. The van der Waals surface area contributed by atoms with Gasteiger partial charge in [-0.15, -0.1) is 0 Å². The quantitative estimate of drug-likeness (QED) is 0.223. The Balaban J connectivity index is 3.24. The second-order valence-electron chi connectivity index (χ2n) is 4.13.